The van der Waals surface area contributed by atoms with Crippen molar-refractivity contribution in [3.63, 3.8) is 0 Å². The van der Waals surface area contributed by atoms with E-state index in [1.54, 1.807) is 27.7 Å². The summed E-state index contributed by atoms with van der Waals surface area (Å²) in [5.41, 5.74) is -1.71. The van der Waals surface area contributed by atoms with Crippen LogP contribution in [0, 0.1) is 11.3 Å². The van der Waals surface area contributed by atoms with Gasteiger partial charge in [-0.1, -0.05) is 0 Å². The van der Waals surface area contributed by atoms with Gasteiger partial charge >= 0.3 is 6.18 Å². The van der Waals surface area contributed by atoms with Gasteiger partial charge in [-0.25, -0.2) is 0 Å². The molecule has 124 valence electrons. The molecular weight excluding hydrogens is 297 g/mol. The third-order valence-electron chi connectivity index (χ3n) is 4.70. The summed E-state index contributed by atoms with van der Waals surface area (Å²) in [7, 11) is 0. The average Bonchev–Trinajstić information content (AvgIpc) is 2.58. The minimum atomic E-state index is -4.42. The Hall–Kier alpha value is -1.33. The largest absolute Gasteiger partial charge is 0.406 e. The Morgan fingerprint density at radius 2 is 1.91 bits per heavy atom. The number of piperazine rings is 1. The number of nitrogens with zero attached hydrogens (tertiary/aromatic N) is 4. The first-order valence-corrected chi connectivity index (χ1v) is 7.21. The van der Waals surface area contributed by atoms with Crippen molar-refractivity contribution in [1.29, 1.82) is 5.26 Å². The van der Waals surface area contributed by atoms with Gasteiger partial charge in [-0.15, -0.1) is 0 Å². The van der Waals surface area contributed by atoms with Crippen molar-refractivity contribution in [2.24, 2.45) is 0 Å². The quantitative estimate of drug-likeness (QED) is 0.772. The Morgan fingerprint density at radius 3 is 2.41 bits per heavy atom. The molecule has 0 aromatic carbocycles. The van der Waals surface area contributed by atoms with E-state index in [2.05, 4.69) is 6.07 Å². The lowest BCUT2D eigenvalue weighted by molar-refractivity contribution is -0.169. The summed E-state index contributed by atoms with van der Waals surface area (Å²) in [5.74, 6) is -0.513. The first-order valence-electron chi connectivity index (χ1n) is 7.21. The fourth-order valence-corrected chi connectivity index (χ4v) is 3.28. The van der Waals surface area contributed by atoms with E-state index < -0.39 is 35.9 Å². The molecule has 2 aliphatic heterocycles. The molecular formula is C14H21F3N4O. The highest BCUT2D eigenvalue weighted by Crippen LogP contribution is 2.37. The SMILES string of the molecule is CC(C)(C#N)N1CCN2[C@@H](C1)C(=O)N(CC(F)(F)F)C2(C)C. The monoisotopic (exact) mass is 318 g/mol. The Bertz CT molecular complexity index is 509. The Labute approximate surface area is 128 Å². The van der Waals surface area contributed by atoms with Crippen LogP contribution in [0.4, 0.5) is 13.2 Å². The van der Waals surface area contributed by atoms with Gasteiger partial charge < -0.3 is 4.90 Å². The van der Waals surface area contributed by atoms with Gasteiger partial charge in [0, 0.05) is 19.6 Å². The maximum absolute atomic E-state index is 12.8. The van der Waals surface area contributed by atoms with Gasteiger partial charge in [0.25, 0.3) is 0 Å². The van der Waals surface area contributed by atoms with E-state index in [0.717, 1.165) is 4.90 Å². The summed E-state index contributed by atoms with van der Waals surface area (Å²) in [4.78, 5) is 17.0. The number of fused-ring (bicyclic) bond motifs is 1. The second kappa shape index (κ2) is 5.10. The zero-order valence-electron chi connectivity index (χ0n) is 13.2. The molecule has 1 atom stereocenters. The summed E-state index contributed by atoms with van der Waals surface area (Å²) < 4.78 is 38.3. The molecule has 0 N–H and O–H groups in total. The van der Waals surface area contributed by atoms with Crippen LogP contribution in [0.25, 0.3) is 0 Å². The van der Waals surface area contributed by atoms with Crippen molar-refractivity contribution in [3.8, 4) is 6.07 Å². The maximum atomic E-state index is 12.8. The van der Waals surface area contributed by atoms with Gasteiger partial charge in [0.1, 0.15) is 18.1 Å². The van der Waals surface area contributed by atoms with Crippen LogP contribution in [0.3, 0.4) is 0 Å². The molecule has 0 spiro atoms. The van der Waals surface area contributed by atoms with E-state index >= 15 is 0 Å². The van der Waals surface area contributed by atoms with Crippen LogP contribution in [-0.4, -0.2) is 70.2 Å². The lowest BCUT2D eigenvalue weighted by Gasteiger charge is -2.45. The smallest absolute Gasteiger partial charge is 0.314 e. The van der Waals surface area contributed by atoms with Crippen molar-refractivity contribution >= 4 is 5.91 Å². The molecule has 1 amide bonds. The molecule has 0 aromatic heterocycles. The highest BCUT2D eigenvalue weighted by Gasteiger charge is 2.56. The lowest BCUT2D eigenvalue weighted by Crippen LogP contribution is -2.61. The van der Waals surface area contributed by atoms with E-state index in [-0.39, 0.29) is 6.54 Å². The number of halogens is 3. The standard InChI is InChI=1S/C14H21F3N4O/c1-12(2,8-18)19-5-6-20-10(7-19)11(22)21(13(20,3)4)9-14(15,16)17/h10H,5-7,9H2,1-4H3/t10-/m0/s1. The average molecular weight is 318 g/mol. The first kappa shape index (κ1) is 17.0. The van der Waals surface area contributed by atoms with Crippen LogP contribution in [0.2, 0.25) is 0 Å². The van der Waals surface area contributed by atoms with Crippen LogP contribution in [0.15, 0.2) is 0 Å². The predicted molar refractivity (Wildman–Crippen MR) is 73.6 cm³/mol. The molecule has 0 unspecified atom stereocenters. The third kappa shape index (κ3) is 2.79. The first-order chi connectivity index (χ1) is 9.90. The number of alkyl halides is 3. The number of hydrogen-bond acceptors (Lipinski definition) is 4. The summed E-state index contributed by atoms with van der Waals surface area (Å²) in [5, 5.41) is 9.21. The van der Waals surface area contributed by atoms with Gasteiger partial charge in [0.05, 0.1) is 11.7 Å². The van der Waals surface area contributed by atoms with E-state index in [9.17, 15) is 23.2 Å². The van der Waals surface area contributed by atoms with Crippen molar-refractivity contribution in [2.75, 3.05) is 26.2 Å². The lowest BCUT2D eigenvalue weighted by atomic mass is 10.0. The molecule has 0 saturated carbocycles. The van der Waals surface area contributed by atoms with E-state index in [1.165, 1.54) is 0 Å². The molecule has 2 rings (SSSR count). The molecule has 2 saturated heterocycles. The van der Waals surface area contributed by atoms with Crippen LogP contribution in [0.1, 0.15) is 27.7 Å². The van der Waals surface area contributed by atoms with Crippen molar-refractivity contribution < 1.29 is 18.0 Å². The molecule has 2 heterocycles. The van der Waals surface area contributed by atoms with Crippen LogP contribution in [-0.2, 0) is 4.79 Å². The number of amides is 1. The van der Waals surface area contributed by atoms with Gasteiger partial charge in [-0.2, -0.15) is 18.4 Å². The van der Waals surface area contributed by atoms with Crippen molar-refractivity contribution in [2.45, 2.75) is 51.1 Å². The van der Waals surface area contributed by atoms with E-state index in [1.807, 2.05) is 9.80 Å². The van der Waals surface area contributed by atoms with E-state index in [4.69, 9.17) is 0 Å². The third-order valence-corrected chi connectivity index (χ3v) is 4.70. The van der Waals surface area contributed by atoms with E-state index in [0.29, 0.717) is 13.1 Å². The number of carbonyl (C=O) groups excluding carboxylic acids is 1. The summed E-state index contributed by atoms with van der Waals surface area (Å²) >= 11 is 0. The number of carbonyl (C=O) groups is 1. The molecule has 2 aliphatic rings. The summed E-state index contributed by atoms with van der Waals surface area (Å²) in [6, 6.07) is 1.55. The maximum Gasteiger partial charge on any atom is 0.406 e. The molecule has 5 nitrogen and oxygen atoms in total. The van der Waals surface area contributed by atoms with Gasteiger partial charge in [-0.05, 0) is 27.7 Å². The highest BCUT2D eigenvalue weighted by molar-refractivity contribution is 5.85. The number of rotatable bonds is 2. The second-order valence-corrected chi connectivity index (χ2v) is 6.86. The Kier molecular flexibility index (Phi) is 3.95. The van der Waals surface area contributed by atoms with Crippen LogP contribution < -0.4 is 0 Å². The molecule has 0 aliphatic carbocycles. The molecule has 22 heavy (non-hydrogen) atoms. The van der Waals surface area contributed by atoms with Crippen molar-refractivity contribution in [1.82, 2.24) is 14.7 Å². The highest BCUT2D eigenvalue weighted by atomic mass is 19.4. The molecule has 8 heteroatoms. The van der Waals surface area contributed by atoms with Crippen molar-refractivity contribution in [3.05, 3.63) is 0 Å². The van der Waals surface area contributed by atoms with Gasteiger partial charge in [-0.3, -0.25) is 14.6 Å². The fraction of sp³-hybridized carbons (Fsp3) is 0.857. The Morgan fingerprint density at radius 1 is 1.32 bits per heavy atom. The number of nitriles is 1. The normalized spacial score (nSPS) is 26.9. The molecule has 0 radical (unpaired) electrons. The zero-order valence-corrected chi connectivity index (χ0v) is 13.2. The molecule has 2 fully saturated rings. The minimum absolute atomic E-state index is 0.275. The second-order valence-electron chi connectivity index (χ2n) is 6.86. The Balaban J connectivity index is 2.24. The summed E-state index contributed by atoms with van der Waals surface area (Å²) in [6.07, 6.45) is -4.42. The van der Waals surface area contributed by atoms with Crippen LogP contribution >= 0.6 is 0 Å². The number of hydrogen-bond donors (Lipinski definition) is 0. The minimum Gasteiger partial charge on any atom is -0.314 e. The fourth-order valence-electron chi connectivity index (χ4n) is 3.28. The summed E-state index contributed by atoms with van der Waals surface area (Å²) in [6.45, 7) is 6.83. The van der Waals surface area contributed by atoms with Gasteiger partial charge in [0.15, 0.2) is 0 Å². The van der Waals surface area contributed by atoms with Gasteiger partial charge in [0.2, 0.25) is 5.91 Å². The predicted octanol–water partition coefficient (Wildman–Crippen LogP) is 1.42. The van der Waals surface area contributed by atoms with Crippen LogP contribution in [0.5, 0.6) is 0 Å². The molecule has 0 bridgehead atoms. The zero-order chi connectivity index (χ0) is 16.9. The topological polar surface area (TPSA) is 50.6 Å². The molecule has 0 aromatic rings.